The fourth-order valence-electron chi connectivity index (χ4n) is 3.41. The van der Waals surface area contributed by atoms with E-state index in [1.165, 1.54) is 11.3 Å². The second-order valence-corrected chi connectivity index (χ2v) is 8.09. The Morgan fingerprint density at radius 1 is 1.14 bits per heavy atom. The van der Waals surface area contributed by atoms with Crippen molar-refractivity contribution in [2.24, 2.45) is 0 Å². The van der Waals surface area contributed by atoms with Crippen molar-refractivity contribution in [2.45, 2.75) is 32.5 Å². The van der Waals surface area contributed by atoms with Crippen LogP contribution in [0.2, 0.25) is 0 Å². The fraction of sp³-hybridized carbons (Fsp3) is 0.429. The Hall–Kier alpha value is -2.22. The van der Waals surface area contributed by atoms with Gasteiger partial charge in [-0.15, -0.1) is 11.3 Å². The Bertz CT molecular complexity index is 784. The van der Waals surface area contributed by atoms with E-state index >= 15 is 0 Å². The third-order valence-corrected chi connectivity index (χ3v) is 5.43. The maximum Gasteiger partial charge on any atom is 0.265 e. The van der Waals surface area contributed by atoms with Gasteiger partial charge in [-0.2, -0.15) is 0 Å². The first kappa shape index (κ1) is 20.5. The van der Waals surface area contributed by atoms with Gasteiger partial charge in [-0.25, -0.2) is 0 Å². The number of morpholine rings is 1. The summed E-state index contributed by atoms with van der Waals surface area (Å²) in [4.78, 5) is 27.6. The summed E-state index contributed by atoms with van der Waals surface area (Å²) < 4.78 is 5.74. The molecule has 3 rings (SSSR count). The first-order valence-corrected chi connectivity index (χ1v) is 10.5. The summed E-state index contributed by atoms with van der Waals surface area (Å²) >= 11 is 1.38. The van der Waals surface area contributed by atoms with Crippen LogP contribution < -0.4 is 10.6 Å². The van der Waals surface area contributed by atoms with Crippen molar-refractivity contribution in [3.8, 4) is 0 Å². The Morgan fingerprint density at radius 3 is 2.64 bits per heavy atom. The molecule has 0 aliphatic carbocycles. The second-order valence-electron chi connectivity index (χ2n) is 7.14. The van der Waals surface area contributed by atoms with Crippen LogP contribution in [0.3, 0.4) is 0 Å². The number of nitrogens with zero attached hydrogens (tertiary/aromatic N) is 1. The number of thiophene rings is 1. The third-order valence-electron chi connectivity index (χ3n) is 4.56. The molecule has 1 aliphatic rings. The van der Waals surface area contributed by atoms with Gasteiger partial charge in [-0.1, -0.05) is 12.1 Å². The van der Waals surface area contributed by atoms with E-state index in [4.69, 9.17) is 4.74 Å². The van der Waals surface area contributed by atoms with E-state index in [2.05, 4.69) is 29.4 Å². The molecule has 2 aromatic rings. The summed E-state index contributed by atoms with van der Waals surface area (Å²) in [5, 5.41) is 7.65. The highest BCUT2D eigenvalue weighted by Gasteiger charge is 2.21. The number of anilines is 1. The van der Waals surface area contributed by atoms with E-state index in [1.807, 2.05) is 11.4 Å². The van der Waals surface area contributed by atoms with E-state index in [9.17, 15) is 9.59 Å². The topological polar surface area (TPSA) is 70.7 Å². The number of carbonyl (C=O) groups excluding carboxylic acids is 2. The third kappa shape index (κ3) is 5.89. The maximum atomic E-state index is 12.4. The van der Waals surface area contributed by atoms with Gasteiger partial charge in [0, 0.05) is 37.4 Å². The highest BCUT2D eigenvalue weighted by molar-refractivity contribution is 7.12. The average molecular weight is 402 g/mol. The Kier molecular flexibility index (Phi) is 7.19. The number of benzene rings is 1. The first-order chi connectivity index (χ1) is 13.5. The normalized spacial score (nSPS) is 19.9. The molecule has 2 atom stereocenters. The first-order valence-electron chi connectivity index (χ1n) is 9.62. The van der Waals surface area contributed by atoms with Gasteiger partial charge >= 0.3 is 0 Å². The Morgan fingerprint density at radius 2 is 1.93 bits per heavy atom. The van der Waals surface area contributed by atoms with Crippen LogP contribution in [0.5, 0.6) is 0 Å². The van der Waals surface area contributed by atoms with Crippen LogP contribution in [0.25, 0.3) is 0 Å². The number of amides is 2. The summed E-state index contributed by atoms with van der Waals surface area (Å²) in [6.07, 6.45) is 1.40. The summed E-state index contributed by atoms with van der Waals surface area (Å²) in [5.41, 5.74) is 1.15. The van der Waals surface area contributed by atoms with Gasteiger partial charge in [-0.3, -0.25) is 14.5 Å². The van der Waals surface area contributed by atoms with Crippen molar-refractivity contribution in [1.82, 2.24) is 10.2 Å². The van der Waals surface area contributed by atoms with Crippen molar-refractivity contribution < 1.29 is 14.3 Å². The molecule has 2 unspecified atom stereocenters. The molecule has 0 bridgehead atoms. The van der Waals surface area contributed by atoms with Crippen molar-refractivity contribution in [3.63, 3.8) is 0 Å². The molecular weight excluding hydrogens is 374 g/mol. The monoisotopic (exact) mass is 401 g/mol. The van der Waals surface area contributed by atoms with Crippen LogP contribution in [0, 0.1) is 0 Å². The molecule has 1 aromatic heterocycles. The second kappa shape index (κ2) is 9.82. The number of hydrogen-bond acceptors (Lipinski definition) is 5. The summed E-state index contributed by atoms with van der Waals surface area (Å²) in [6, 6.07) is 10.6. The minimum absolute atomic E-state index is 0.129. The lowest BCUT2D eigenvalue weighted by atomic mass is 10.2. The van der Waals surface area contributed by atoms with Crippen LogP contribution in [0.15, 0.2) is 41.8 Å². The van der Waals surface area contributed by atoms with Crippen LogP contribution in [0.1, 0.15) is 40.3 Å². The zero-order chi connectivity index (χ0) is 19.9. The summed E-state index contributed by atoms with van der Waals surface area (Å²) in [7, 11) is 0. The fourth-order valence-corrected chi connectivity index (χ4v) is 4.03. The molecule has 2 N–H and O–H groups in total. The smallest absolute Gasteiger partial charge is 0.265 e. The van der Waals surface area contributed by atoms with Crippen LogP contribution in [-0.2, 0) is 4.74 Å². The number of rotatable bonds is 7. The van der Waals surface area contributed by atoms with Gasteiger partial charge in [0.2, 0.25) is 0 Å². The van der Waals surface area contributed by atoms with Gasteiger partial charge < -0.3 is 15.4 Å². The number of nitrogens with one attached hydrogen (secondary N) is 2. The maximum absolute atomic E-state index is 12.4. The molecule has 7 heteroatoms. The quantitative estimate of drug-likeness (QED) is 0.699. The molecule has 1 aromatic carbocycles. The minimum Gasteiger partial charge on any atom is -0.373 e. The Labute approximate surface area is 169 Å². The zero-order valence-electron chi connectivity index (χ0n) is 16.3. The van der Waals surface area contributed by atoms with Crippen molar-refractivity contribution in [2.75, 3.05) is 31.5 Å². The Balaban J connectivity index is 1.45. The lowest BCUT2D eigenvalue weighted by Crippen LogP contribution is -2.46. The van der Waals surface area contributed by atoms with Crippen molar-refractivity contribution in [1.29, 1.82) is 0 Å². The molecule has 2 amide bonds. The molecule has 28 heavy (non-hydrogen) atoms. The molecule has 0 radical (unpaired) electrons. The molecule has 0 saturated carbocycles. The van der Waals surface area contributed by atoms with Gasteiger partial charge in [0.1, 0.15) is 0 Å². The predicted molar refractivity (Wildman–Crippen MR) is 112 cm³/mol. The van der Waals surface area contributed by atoms with E-state index in [-0.39, 0.29) is 24.0 Å². The molecular formula is C21H27N3O3S. The van der Waals surface area contributed by atoms with Crippen LogP contribution >= 0.6 is 11.3 Å². The lowest BCUT2D eigenvalue weighted by molar-refractivity contribution is -0.0680. The zero-order valence-corrected chi connectivity index (χ0v) is 17.1. The largest absolute Gasteiger partial charge is 0.373 e. The molecule has 150 valence electrons. The van der Waals surface area contributed by atoms with E-state index in [0.29, 0.717) is 22.7 Å². The van der Waals surface area contributed by atoms with E-state index in [0.717, 1.165) is 26.1 Å². The van der Waals surface area contributed by atoms with Gasteiger partial charge in [0.25, 0.3) is 11.8 Å². The van der Waals surface area contributed by atoms with Crippen LogP contribution in [-0.4, -0.2) is 55.1 Å². The van der Waals surface area contributed by atoms with Crippen molar-refractivity contribution in [3.05, 3.63) is 52.2 Å². The van der Waals surface area contributed by atoms with E-state index < -0.39 is 0 Å². The van der Waals surface area contributed by atoms with Gasteiger partial charge in [0.05, 0.1) is 17.1 Å². The number of ether oxygens (including phenoxy) is 1. The van der Waals surface area contributed by atoms with Gasteiger partial charge in [-0.05, 0) is 49.9 Å². The van der Waals surface area contributed by atoms with Crippen LogP contribution in [0.4, 0.5) is 5.69 Å². The van der Waals surface area contributed by atoms with Crippen molar-refractivity contribution >= 4 is 28.8 Å². The van der Waals surface area contributed by atoms with E-state index in [1.54, 1.807) is 30.3 Å². The molecule has 0 spiro atoms. The highest BCUT2D eigenvalue weighted by Crippen LogP contribution is 2.15. The van der Waals surface area contributed by atoms with Gasteiger partial charge in [0.15, 0.2) is 0 Å². The molecule has 2 heterocycles. The molecule has 6 nitrogen and oxygen atoms in total. The molecule has 1 aliphatic heterocycles. The number of carbonyl (C=O) groups is 2. The predicted octanol–water partition coefficient (Wildman–Crippen LogP) is 3.23. The summed E-state index contributed by atoms with van der Waals surface area (Å²) in [6.45, 7) is 7.61. The minimum atomic E-state index is -0.165. The molecule has 1 saturated heterocycles. The standard InChI is InChI=1S/C21H27N3O3S/c1-15-13-24(14-16(2)27-15)10-5-9-22-20(25)17-6-3-7-18(12-17)23-21(26)19-8-4-11-28-19/h3-4,6-8,11-12,15-16H,5,9-10,13-14H2,1-2H3,(H,22,25)(H,23,26). The molecule has 1 fully saturated rings. The number of hydrogen-bond donors (Lipinski definition) is 2. The SMILES string of the molecule is CC1CN(CCCNC(=O)c2cccc(NC(=O)c3cccs3)c2)CC(C)O1. The average Bonchev–Trinajstić information content (AvgIpc) is 3.19. The lowest BCUT2D eigenvalue weighted by Gasteiger charge is -2.35. The summed E-state index contributed by atoms with van der Waals surface area (Å²) in [5.74, 6) is -0.294. The highest BCUT2D eigenvalue weighted by atomic mass is 32.1.